The van der Waals surface area contributed by atoms with Gasteiger partial charge in [0.05, 0.1) is 5.75 Å². The lowest BCUT2D eigenvalue weighted by Crippen LogP contribution is -2.31. The van der Waals surface area contributed by atoms with Gasteiger partial charge in [-0.15, -0.1) is 0 Å². The average Bonchev–Trinajstić information content (AvgIpc) is 2.22. The van der Waals surface area contributed by atoms with Crippen molar-refractivity contribution in [3.8, 4) is 0 Å². The molecule has 0 spiro atoms. The second-order valence-electron chi connectivity index (χ2n) is 4.26. The Labute approximate surface area is 106 Å². The van der Waals surface area contributed by atoms with E-state index in [1.165, 1.54) is 0 Å². The van der Waals surface area contributed by atoms with Crippen molar-refractivity contribution in [1.82, 2.24) is 0 Å². The van der Waals surface area contributed by atoms with Crippen LogP contribution in [-0.2, 0) is 21.3 Å². The fourth-order valence-corrected chi connectivity index (χ4v) is 3.14. The summed E-state index contributed by atoms with van der Waals surface area (Å²) < 4.78 is 38.2. The highest BCUT2D eigenvalue weighted by Crippen LogP contribution is 2.17. The van der Waals surface area contributed by atoms with Crippen LogP contribution in [0.25, 0.3) is 0 Å². The van der Waals surface area contributed by atoms with Crippen LogP contribution in [-0.4, -0.2) is 20.5 Å². The van der Waals surface area contributed by atoms with Crippen molar-refractivity contribution in [3.05, 3.63) is 35.4 Å². The first kappa shape index (κ1) is 14.8. The summed E-state index contributed by atoms with van der Waals surface area (Å²) in [4.78, 5) is 11.0. The fraction of sp³-hybridized carbons (Fsp3) is 0.417. The molecule has 1 aromatic carbocycles. The number of carboxylic acid groups (broad SMARTS) is 1. The first-order chi connectivity index (χ1) is 8.32. The van der Waals surface area contributed by atoms with Gasteiger partial charge in [0.15, 0.2) is 0 Å². The minimum absolute atomic E-state index is 0.0692. The van der Waals surface area contributed by atoms with Crippen LogP contribution < -0.4 is 0 Å². The zero-order valence-electron chi connectivity index (χ0n) is 10.0. The lowest BCUT2D eigenvalue weighted by Gasteiger charge is -2.15. The maximum absolute atomic E-state index is 13.3. The van der Waals surface area contributed by atoms with Crippen LogP contribution in [0.2, 0.25) is 0 Å². The van der Waals surface area contributed by atoms with Crippen LogP contribution in [0, 0.1) is 17.6 Å². The van der Waals surface area contributed by atoms with Gasteiger partial charge in [-0.3, -0.25) is 9.00 Å². The highest BCUT2D eigenvalue weighted by Gasteiger charge is 2.28. The van der Waals surface area contributed by atoms with E-state index in [9.17, 15) is 17.8 Å². The van der Waals surface area contributed by atoms with Crippen molar-refractivity contribution in [2.75, 3.05) is 0 Å². The van der Waals surface area contributed by atoms with Crippen LogP contribution >= 0.6 is 0 Å². The van der Waals surface area contributed by atoms with Crippen LogP contribution in [0.3, 0.4) is 0 Å². The Kier molecular flexibility index (Phi) is 4.95. The third-order valence-electron chi connectivity index (χ3n) is 2.44. The molecule has 1 N–H and O–H groups in total. The van der Waals surface area contributed by atoms with E-state index in [4.69, 9.17) is 5.11 Å². The van der Waals surface area contributed by atoms with E-state index in [-0.39, 0.29) is 17.2 Å². The van der Waals surface area contributed by atoms with Gasteiger partial charge in [-0.25, -0.2) is 8.78 Å². The third kappa shape index (κ3) is 3.60. The summed E-state index contributed by atoms with van der Waals surface area (Å²) in [6.45, 7) is 3.25. The van der Waals surface area contributed by atoms with Gasteiger partial charge in [-0.1, -0.05) is 13.8 Å². The van der Waals surface area contributed by atoms with Crippen molar-refractivity contribution in [2.24, 2.45) is 5.92 Å². The largest absolute Gasteiger partial charge is 0.480 e. The fourth-order valence-electron chi connectivity index (χ4n) is 1.60. The van der Waals surface area contributed by atoms with Gasteiger partial charge in [-0.05, 0) is 24.1 Å². The number of aliphatic carboxylic acids is 1. The molecule has 0 aliphatic heterocycles. The second kappa shape index (κ2) is 6.04. The Bertz CT molecular complexity index is 474. The maximum atomic E-state index is 13.3. The first-order valence-electron chi connectivity index (χ1n) is 5.37. The molecule has 0 aromatic heterocycles. The molecular weight excluding hydrogens is 262 g/mol. The molecule has 0 aliphatic rings. The Balaban J connectivity index is 2.92. The standard InChI is InChI=1S/C12H14F2O3S/c1-7(2)11(12(15)16)18(17)6-8-5-9(13)3-4-10(8)14/h3-5,7,11H,6H2,1-2H3,(H,15,16). The highest BCUT2D eigenvalue weighted by molar-refractivity contribution is 7.85. The van der Waals surface area contributed by atoms with Crippen molar-refractivity contribution in [3.63, 3.8) is 0 Å². The number of benzene rings is 1. The molecule has 2 unspecified atom stereocenters. The molecule has 100 valence electrons. The number of hydrogen-bond acceptors (Lipinski definition) is 2. The van der Waals surface area contributed by atoms with Crippen LogP contribution in [0.4, 0.5) is 8.78 Å². The van der Waals surface area contributed by atoms with E-state index in [0.717, 1.165) is 18.2 Å². The molecule has 0 aliphatic carbocycles. The SMILES string of the molecule is CC(C)C(C(=O)O)S(=O)Cc1cc(F)ccc1F. The van der Waals surface area contributed by atoms with E-state index >= 15 is 0 Å². The summed E-state index contributed by atoms with van der Waals surface area (Å²) in [6, 6.07) is 2.83. The van der Waals surface area contributed by atoms with E-state index in [0.29, 0.717) is 0 Å². The summed E-state index contributed by atoms with van der Waals surface area (Å²) in [6.07, 6.45) is 0. The first-order valence-corrected chi connectivity index (χ1v) is 6.75. The minimum atomic E-state index is -1.79. The zero-order valence-corrected chi connectivity index (χ0v) is 10.8. The van der Waals surface area contributed by atoms with Gasteiger partial charge in [0.2, 0.25) is 0 Å². The van der Waals surface area contributed by atoms with Gasteiger partial charge in [0.25, 0.3) is 0 Å². The number of halogens is 2. The normalized spacial score (nSPS) is 14.5. The topological polar surface area (TPSA) is 54.4 Å². The summed E-state index contributed by atoms with van der Waals surface area (Å²) >= 11 is 0. The van der Waals surface area contributed by atoms with Crippen molar-refractivity contribution in [1.29, 1.82) is 0 Å². The highest BCUT2D eigenvalue weighted by atomic mass is 32.2. The average molecular weight is 276 g/mol. The molecule has 1 rings (SSSR count). The number of rotatable bonds is 5. The van der Waals surface area contributed by atoms with E-state index in [1.54, 1.807) is 13.8 Å². The van der Waals surface area contributed by atoms with Gasteiger partial charge in [-0.2, -0.15) is 0 Å². The van der Waals surface area contributed by atoms with E-state index in [1.807, 2.05) is 0 Å². The van der Waals surface area contributed by atoms with Crippen LogP contribution in [0.5, 0.6) is 0 Å². The van der Waals surface area contributed by atoms with E-state index in [2.05, 4.69) is 0 Å². The molecule has 0 heterocycles. The zero-order chi connectivity index (χ0) is 13.9. The van der Waals surface area contributed by atoms with Gasteiger partial charge < -0.3 is 5.11 Å². The second-order valence-corrected chi connectivity index (χ2v) is 5.82. The molecule has 6 heteroatoms. The Morgan fingerprint density at radius 2 is 2.00 bits per heavy atom. The van der Waals surface area contributed by atoms with Gasteiger partial charge in [0.1, 0.15) is 16.9 Å². The van der Waals surface area contributed by atoms with Crippen molar-refractivity contribution >= 4 is 16.8 Å². The number of hydrogen-bond donors (Lipinski definition) is 1. The summed E-state index contributed by atoms with van der Waals surface area (Å²) in [5.74, 6) is -3.17. The number of carboxylic acids is 1. The Morgan fingerprint density at radius 3 is 2.50 bits per heavy atom. The predicted molar refractivity (Wildman–Crippen MR) is 64.5 cm³/mol. The molecule has 18 heavy (non-hydrogen) atoms. The molecule has 0 radical (unpaired) electrons. The number of carbonyl (C=O) groups is 1. The summed E-state index contributed by atoms with van der Waals surface area (Å²) in [5, 5.41) is 7.86. The summed E-state index contributed by atoms with van der Waals surface area (Å²) in [7, 11) is -1.79. The minimum Gasteiger partial charge on any atom is -0.480 e. The molecule has 1 aromatic rings. The molecular formula is C12H14F2O3S. The maximum Gasteiger partial charge on any atom is 0.319 e. The third-order valence-corrected chi connectivity index (χ3v) is 4.35. The van der Waals surface area contributed by atoms with Gasteiger partial charge in [0, 0.05) is 16.4 Å². The molecule has 2 atom stereocenters. The molecule has 0 bridgehead atoms. The lowest BCUT2D eigenvalue weighted by molar-refractivity contribution is -0.137. The molecule has 0 saturated carbocycles. The molecule has 0 saturated heterocycles. The Morgan fingerprint density at radius 1 is 1.39 bits per heavy atom. The summed E-state index contributed by atoms with van der Waals surface area (Å²) in [5.41, 5.74) is -0.0692. The predicted octanol–water partition coefficient (Wildman–Crippen LogP) is 2.32. The monoisotopic (exact) mass is 276 g/mol. The van der Waals surface area contributed by atoms with Crippen LogP contribution in [0.15, 0.2) is 18.2 Å². The van der Waals surface area contributed by atoms with Gasteiger partial charge >= 0.3 is 5.97 Å². The lowest BCUT2D eigenvalue weighted by atomic mass is 10.1. The Hall–Kier alpha value is -1.30. The molecule has 0 amide bonds. The molecule has 3 nitrogen and oxygen atoms in total. The van der Waals surface area contributed by atoms with E-state index < -0.39 is 33.7 Å². The smallest absolute Gasteiger partial charge is 0.319 e. The van der Waals surface area contributed by atoms with Crippen LogP contribution in [0.1, 0.15) is 19.4 Å². The van der Waals surface area contributed by atoms with Crippen molar-refractivity contribution in [2.45, 2.75) is 24.9 Å². The molecule has 0 fully saturated rings. The quantitative estimate of drug-likeness (QED) is 0.898. The van der Waals surface area contributed by atoms with Crippen molar-refractivity contribution < 1.29 is 22.9 Å².